The van der Waals surface area contributed by atoms with Crippen LogP contribution in [0.15, 0.2) is 0 Å². The van der Waals surface area contributed by atoms with Crippen LogP contribution in [0.5, 0.6) is 0 Å². The Morgan fingerprint density at radius 3 is 2.46 bits per heavy atom. The standard InChI is InChI=1S/C14H17NO7S2/c1-3-21-13(17)10-8-5-6-24(19,20)7-9(8)23-12(10)15-11(16)14(18)22-4-2/h3-7H2,1-2H3,(H,15,16). The molecule has 0 aromatic carbocycles. The van der Waals surface area contributed by atoms with Crippen LogP contribution in [-0.4, -0.2) is 45.2 Å². The first-order valence-corrected chi connectivity index (χ1v) is 9.93. The van der Waals surface area contributed by atoms with Crippen molar-refractivity contribution in [1.82, 2.24) is 0 Å². The fourth-order valence-corrected chi connectivity index (χ4v) is 5.31. The number of thiophene rings is 1. The maximum absolute atomic E-state index is 12.2. The molecule has 1 aliphatic heterocycles. The molecule has 0 saturated carbocycles. The summed E-state index contributed by atoms with van der Waals surface area (Å²) in [6.07, 6.45) is 0.164. The molecule has 8 nitrogen and oxygen atoms in total. The largest absolute Gasteiger partial charge is 0.462 e. The summed E-state index contributed by atoms with van der Waals surface area (Å²) in [6, 6.07) is 0. The third kappa shape index (κ3) is 3.93. The van der Waals surface area contributed by atoms with Gasteiger partial charge in [0.25, 0.3) is 0 Å². The minimum absolute atomic E-state index is 0.0379. The molecule has 1 aliphatic rings. The Kier molecular flexibility index (Phi) is 5.60. The topological polar surface area (TPSA) is 116 Å². The zero-order valence-electron chi connectivity index (χ0n) is 13.2. The average Bonchev–Trinajstić information content (AvgIpc) is 2.83. The number of amides is 1. The maximum atomic E-state index is 12.2. The van der Waals surface area contributed by atoms with Gasteiger partial charge < -0.3 is 14.8 Å². The smallest absolute Gasteiger partial charge is 0.397 e. The van der Waals surface area contributed by atoms with E-state index in [4.69, 9.17) is 4.74 Å². The zero-order valence-corrected chi connectivity index (χ0v) is 14.8. The highest BCUT2D eigenvalue weighted by atomic mass is 32.2. The normalized spacial score (nSPS) is 15.2. The van der Waals surface area contributed by atoms with Gasteiger partial charge in [-0.2, -0.15) is 0 Å². The van der Waals surface area contributed by atoms with E-state index in [0.717, 1.165) is 11.3 Å². The quantitative estimate of drug-likeness (QED) is 0.614. The van der Waals surface area contributed by atoms with E-state index >= 15 is 0 Å². The van der Waals surface area contributed by atoms with Crippen LogP contribution in [0.3, 0.4) is 0 Å². The molecule has 0 fully saturated rings. The molecule has 1 N–H and O–H groups in total. The van der Waals surface area contributed by atoms with Crippen molar-refractivity contribution in [2.75, 3.05) is 24.3 Å². The monoisotopic (exact) mass is 375 g/mol. The Balaban J connectivity index is 2.39. The molecule has 1 amide bonds. The zero-order chi connectivity index (χ0) is 17.9. The number of nitrogens with one attached hydrogen (secondary N) is 1. The lowest BCUT2D eigenvalue weighted by Crippen LogP contribution is -2.25. The highest BCUT2D eigenvalue weighted by Gasteiger charge is 2.32. The van der Waals surface area contributed by atoms with Gasteiger partial charge in [-0.05, 0) is 25.8 Å². The van der Waals surface area contributed by atoms with Gasteiger partial charge in [0.2, 0.25) is 0 Å². The summed E-state index contributed by atoms with van der Waals surface area (Å²) >= 11 is 0.963. The molecule has 0 aliphatic carbocycles. The summed E-state index contributed by atoms with van der Waals surface area (Å²) in [6.45, 7) is 3.37. The summed E-state index contributed by atoms with van der Waals surface area (Å²) < 4.78 is 33.1. The first-order valence-electron chi connectivity index (χ1n) is 7.29. The van der Waals surface area contributed by atoms with Crippen LogP contribution >= 0.6 is 11.3 Å². The van der Waals surface area contributed by atoms with Gasteiger partial charge in [-0.25, -0.2) is 18.0 Å². The van der Waals surface area contributed by atoms with Gasteiger partial charge in [0.15, 0.2) is 9.84 Å². The van der Waals surface area contributed by atoms with E-state index in [9.17, 15) is 22.8 Å². The van der Waals surface area contributed by atoms with Crippen molar-refractivity contribution >= 4 is 44.0 Å². The van der Waals surface area contributed by atoms with Crippen molar-refractivity contribution in [3.05, 3.63) is 16.0 Å². The summed E-state index contributed by atoms with van der Waals surface area (Å²) in [4.78, 5) is 36.0. The molecule has 0 saturated heterocycles. The first-order chi connectivity index (χ1) is 11.3. The molecule has 0 atom stereocenters. The molecule has 2 rings (SSSR count). The van der Waals surface area contributed by atoms with Crippen LogP contribution in [0, 0.1) is 0 Å². The van der Waals surface area contributed by atoms with E-state index < -0.39 is 27.7 Å². The number of hydrogen-bond donors (Lipinski definition) is 1. The predicted octanol–water partition coefficient (Wildman–Crippen LogP) is 0.897. The van der Waals surface area contributed by atoms with Crippen LogP contribution in [0.1, 0.15) is 34.6 Å². The summed E-state index contributed by atoms with van der Waals surface area (Å²) in [5.74, 6) is -3.04. The molecule has 24 heavy (non-hydrogen) atoms. The molecule has 0 spiro atoms. The van der Waals surface area contributed by atoms with Gasteiger partial charge in [0.1, 0.15) is 5.00 Å². The molecule has 0 unspecified atom stereocenters. The molecule has 132 valence electrons. The third-order valence-electron chi connectivity index (χ3n) is 3.27. The number of esters is 2. The molecule has 1 aromatic rings. The minimum atomic E-state index is -3.24. The van der Waals surface area contributed by atoms with Gasteiger partial charge in [-0.15, -0.1) is 11.3 Å². The molecule has 0 bridgehead atoms. The summed E-state index contributed by atoms with van der Waals surface area (Å²) in [5, 5.41) is 2.43. The minimum Gasteiger partial charge on any atom is -0.462 e. The van der Waals surface area contributed by atoms with Crippen molar-refractivity contribution in [3.8, 4) is 0 Å². The Hall–Kier alpha value is -1.94. The Labute approximate surface area is 143 Å². The number of hydrogen-bond acceptors (Lipinski definition) is 8. The lowest BCUT2D eigenvalue weighted by molar-refractivity contribution is -0.152. The third-order valence-corrected chi connectivity index (χ3v) is 6.16. The van der Waals surface area contributed by atoms with Crippen LogP contribution in [0.4, 0.5) is 5.00 Å². The van der Waals surface area contributed by atoms with E-state index in [1.165, 1.54) is 0 Å². The van der Waals surface area contributed by atoms with E-state index in [2.05, 4.69) is 10.1 Å². The van der Waals surface area contributed by atoms with Crippen LogP contribution < -0.4 is 5.32 Å². The van der Waals surface area contributed by atoms with E-state index in [1.54, 1.807) is 13.8 Å². The SMILES string of the molecule is CCOC(=O)C(=O)Nc1sc2c(c1C(=O)OCC)CCS(=O)(=O)C2. The van der Waals surface area contributed by atoms with Crippen molar-refractivity contribution in [1.29, 1.82) is 0 Å². The maximum Gasteiger partial charge on any atom is 0.397 e. The second-order valence-corrected chi connectivity index (χ2v) is 8.23. The highest BCUT2D eigenvalue weighted by Crippen LogP contribution is 2.38. The van der Waals surface area contributed by atoms with Gasteiger partial charge in [0, 0.05) is 4.88 Å². The molecule has 2 heterocycles. The van der Waals surface area contributed by atoms with E-state index in [1.807, 2.05) is 0 Å². The first kappa shape index (κ1) is 18.4. The highest BCUT2D eigenvalue weighted by molar-refractivity contribution is 7.90. The Bertz CT molecular complexity index is 779. The van der Waals surface area contributed by atoms with E-state index in [-0.39, 0.29) is 41.7 Å². The Morgan fingerprint density at radius 2 is 1.83 bits per heavy atom. The molecule has 0 radical (unpaired) electrons. The fourth-order valence-electron chi connectivity index (χ4n) is 2.28. The molecular formula is C14H17NO7S2. The fraction of sp³-hybridized carbons (Fsp3) is 0.500. The summed E-state index contributed by atoms with van der Waals surface area (Å²) in [5.41, 5.74) is 0.664. The van der Waals surface area contributed by atoms with Crippen LogP contribution in [-0.2, 0) is 41.1 Å². The molecular weight excluding hydrogens is 358 g/mol. The molecule has 1 aromatic heterocycles. The average molecular weight is 375 g/mol. The number of rotatable bonds is 4. The predicted molar refractivity (Wildman–Crippen MR) is 86.7 cm³/mol. The van der Waals surface area contributed by atoms with Crippen molar-refractivity contribution in [2.45, 2.75) is 26.0 Å². The van der Waals surface area contributed by atoms with Crippen molar-refractivity contribution < 1.29 is 32.3 Å². The number of ether oxygens (including phenoxy) is 2. The van der Waals surface area contributed by atoms with Crippen molar-refractivity contribution in [3.63, 3.8) is 0 Å². The van der Waals surface area contributed by atoms with Gasteiger partial charge in [0.05, 0.1) is 30.3 Å². The number of carbonyl (C=O) groups excluding carboxylic acids is 3. The lowest BCUT2D eigenvalue weighted by Gasteiger charge is -2.13. The number of carbonyl (C=O) groups is 3. The van der Waals surface area contributed by atoms with Crippen LogP contribution in [0.25, 0.3) is 0 Å². The van der Waals surface area contributed by atoms with Gasteiger partial charge in [-0.3, -0.25) is 4.79 Å². The Morgan fingerprint density at radius 1 is 1.17 bits per heavy atom. The second kappa shape index (κ2) is 7.31. The van der Waals surface area contributed by atoms with Gasteiger partial charge in [-0.1, -0.05) is 0 Å². The molecule has 10 heteroatoms. The van der Waals surface area contributed by atoms with Crippen LogP contribution in [0.2, 0.25) is 0 Å². The van der Waals surface area contributed by atoms with Crippen molar-refractivity contribution in [2.24, 2.45) is 0 Å². The number of sulfone groups is 1. The van der Waals surface area contributed by atoms with Gasteiger partial charge >= 0.3 is 17.8 Å². The number of anilines is 1. The second-order valence-electron chi connectivity index (χ2n) is 4.95. The summed E-state index contributed by atoms with van der Waals surface area (Å²) in [7, 11) is -3.24. The lowest BCUT2D eigenvalue weighted by atomic mass is 10.1. The van der Waals surface area contributed by atoms with E-state index in [0.29, 0.717) is 10.4 Å². The number of fused-ring (bicyclic) bond motifs is 1.